The molecule has 2 aromatic carbocycles. The van der Waals surface area contributed by atoms with E-state index in [4.69, 9.17) is 16.3 Å². The molecule has 1 aliphatic rings. The van der Waals surface area contributed by atoms with Crippen LogP contribution in [0.4, 0.5) is 4.79 Å². The van der Waals surface area contributed by atoms with Crippen LogP contribution in [0.25, 0.3) is 6.08 Å². The zero-order valence-electron chi connectivity index (χ0n) is 15.0. The van der Waals surface area contributed by atoms with Crippen LogP contribution in [0.3, 0.4) is 0 Å². The van der Waals surface area contributed by atoms with Gasteiger partial charge in [-0.2, -0.15) is 0 Å². The number of hydrogen-bond acceptors (Lipinski definition) is 4. The summed E-state index contributed by atoms with van der Waals surface area (Å²) in [5.74, 6) is 0.429. The van der Waals surface area contributed by atoms with Gasteiger partial charge < -0.3 is 4.74 Å². The lowest BCUT2D eigenvalue weighted by Crippen LogP contribution is -2.29. The van der Waals surface area contributed by atoms with Crippen LogP contribution in [0.5, 0.6) is 5.75 Å². The Hall–Kier alpha value is -2.24. The van der Waals surface area contributed by atoms with E-state index < -0.39 is 0 Å². The van der Waals surface area contributed by atoms with Crippen molar-refractivity contribution in [3.8, 4) is 5.75 Å². The molecule has 140 valence electrons. The molecule has 0 saturated carbocycles. The van der Waals surface area contributed by atoms with Crippen LogP contribution < -0.4 is 4.74 Å². The first-order valence-corrected chi connectivity index (χ1v) is 9.99. The van der Waals surface area contributed by atoms with E-state index in [0.29, 0.717) is 28.8 Å². The predicted molar refractivity (Wildman–Crippen MR) is 110 cm³/mol. The van der Waals surface area contributed by atoms with Gasteiger partial charge in [0.15, 0.2) is 0 Å². The minimum Gasteiger partial charge on any atom is -0.488 e. The first kappa shape index (κ1) is 19.5. The molecule has 4 nitrogen and oxygen atoms in total. The Morgan fingerprint density at radius 1 is 1.11 bits per heavy atom. The number of carbonyl (C=O) groups is 2. The molecule has 0 bridgehead atoms. The number of hydrogen-bond donors (Lipinski definition) is 0. The van der Waals surface area contributed by atoms with E-state index in [1.165, 1.54) is 4.90 Å². The topological polar surface area (TPSA) is 46.6 Å². The number of para-hydroxylation sites is 1. The Morgan fingerprint density at radius 3 is 2.59 bits per heavy atom. The lowest BCUT2D eigenvalue weighted by atomic mass is 10.1. The van der Waals surface area contributed by atoms with Gasteiger partial charge in [-0.15, -0.1) is 0 Å². The average molecular weight is 402 g/mol. The van der Waals surface area contributed by atoms with Crippen molar-refractivity contribution in [2.75, 3.05) is 6.54 Å². The van der Waals surface area contributed by atoms with Crippen LogP contribution in [0.2, 0.25) is 5.02 Å². The zero-order chi connectivity index (χ0) is 19.2. The van der Waals surface area contributed by atoms with Crippen molar-refractivity contribution >= 4 is 40.6 Å². The smallest absolute Gasteiger partial charge is 0.293 e. The quantitative estimate of drug-likeness (QED) is 0.553. The molecule has 0 radical (unpaired) electrons. The van der Waals surface area contributed by atoms with Crippen LogP contribution in [0, 0.1) is 0 Å². The van der Waals surface area contributed by atoms with Crippen LogP contribution in [-0.2, 0) is 11.4 Å². The second-order valence-electron chi connectivity index (χ2n) is 6.14. The van der Waals surface area contributed by atoms with E-state index in [1.807, 2.05) is 55.5 Å². The number of benzene rings is 2. The molecule has 1 fully saturated rings. The van der Waals surface area contributed by atoms with Gasteiger partial charge in [0.2, 0.25) is 0 Å². The molecular formula is C21H20ClNO3S. The normalized spacial score (nSPS) is 15.6. The van der Waals surface area contributed by atoms with E-state index in [9.17, 15) is 9.59 Å². The van der Waals surface area contributed by atoms with Crippen molar-refractivity contribution < 1.29 is 14.3 Å². The van der Waals surface area contributed by atoms with Gasteiger partial charge in [0.25, 0.3) is 11.1 Å². The summed E-state index contributed by atoms with van der Waals surface area (Å²) in [6.45, 7) is 2.89. The Balaban J connectivity index is 1.75. The SMILES string of the molecule is CCCCN1C(=O)SC(=Cc2ccccc2OCc2ccc(Cl)cc2)C1=O. The third-order valence-corrected chi connectivity index (χ3v) is 5.28. The lowest BCUT2D eigenvalue weighted by Gasteiger charge is -2.11. The summed E-state index contributed by atoms with van der Waals surface area (Å²) in [6.07, 6.45) is 3.47. The van der Waals surface area contributed by atoms with Gasteiger partial charge in [0.1, 0.15) is 12.4 Å². The maximum atomic E-state index is 12.5. The molecule has 0 aromatic heterocycles. The van der Waals surface area contributed by atoms with Crippen molar-refractivity contribution in [1.29, 1.82) is 0 Å². The summed E-state index contributed by atoms with van der Waals surface area (Å²) < 4.78 is 5.92. The highest BCUT2D eigenvalue weighted by Gasteiger charge is 2.34. The van der Waals surface area contributed by atoms with Gasteiger partial charge in [-0.25, -0.2) is 0 Å². The molecule has 2 amide bonds. The standard InChI is InChI=1S/C21H20ClNO3S/c1-2-3-12-23-20(24)19(27-21(23)25)13-16-6-4-5-7-18(16)26-14-15-8-10-17(22)11-9-15/h4-11,13H,2-3,12,14H2,1H3. The minimum absolute atomic E-state index is 0.209. The van der Waals surface area contributed by atoms with E-state index in [2.05, 4.69) is 0 Å². The highest BCUT2D eigenvalue weighted by atomic mass is 35.5. The first-order chi connectivity index (χ1) is 13.1. The van der Waals surface area contributed by atoms with E-state index in [0.717, 1.165) is 35.7 Å². The minimum atomic E-state index is -0.231. The molecule has 0 unspecified atom stereocenters. The molecule has 3 rings (SSSR count). The first-order valence-electron chi connectivity index (χ1n) is 8.80. The summed E-state index contributed by atoms with van der Waals surface area (Å²) in [7, 11) is 0. The van der Waals surface area contributed by atoms with Gasteiger partial charge >= 0.3 is 0 Å². The van der Waals surface area contributed by atoms with Crippen molar-refractivity contribution in [2.24, 2.45) is 0 Å². The molecule has 1 saturated heterocycles. The summed E-state index contributed by atoms with van der Waals surface area (Å²) >= 11 is 6.88. The van der Waals surface area contributed by atoms with Crippen molar-refractivity contribution in [3.63, 3.8) is 0 Å². The van der Waals surface area contributed by atoms with E-state index in [-0.39, 0.29) is 11.1 Å². The molecular weight excluding hydrogens is 382 g/mol. The Kier molecular flexibility index (Phi) is 6.58. The Labute approximate surface area is 168 Å². The van der Waals surface area contributed by atoms with Crippen molar-refractivity contribution in [3.05, 3.63) is 69.6 Å². The van der Waals surface area contributed by atoms with Crippen LogP contribution in [0.15, 0.2) is 53.4 Å². The highest BCUT2D eigenvalue weighted by Crippen LogP contribution is 2.34. The molecule has 1 aliphatic heterocycles. The number of unbranched alkanes of at least 4 members (excludes halogenated alkanes) is 1. The molecule has 0 atom stereocenters. The van der Waals surface area contributed by atoms with Gasteiger partial charge in [-0.05, 0) is 48.0 Å². The van der Waals surface area contributed by atoms with Gasteiger partial charge in [0, 0.05) is 17.1 Å². The fraction of sp³-hybridized carbons (Fsp3) is 0.238. The third kappa shape index (κ3) is 4.93. The molecule has 0 spiro atoms. The van der Waals surface area contributed by atoms with Gasteiger partial charge in [-0.1, -0.05) is 55.3 Å². The largest absolute Gasteiger partial charge is 0.488 e. The van der Waals surface area contributed by atoms with E-state index in [1.54, 1.807) is 6.08 Å². The molecule has 6 heteroatoms. The second-order valence-corrected chi connectivity index (χ2v) is 7.57. The fourth-order valence-electron chi connectivity index (χ4n) is 2.62. The number of thioether (sulfide) groups is 1. The van der Waals surface area contributed by atoms with E-state index >= 15 is 0 Å². The molecule has 0 aliphatic carbocycles. The van der Waals surface area contributed by atoms with Gasteiger partial charge in [0.05, 0.1) is 4.91 Å². The number of nitrogens with zero attached hydrogens (tertiary/aromatic N) is 1. The Bertz CT molecular complexity index is 864. The zero-order valence-corrected chi connectivity index (χ0v) is 16.6. The maximum absolute atomic E-state index is 12.5. The number of amides is 2. The summed E-state index contributed by atoms with van der Waals surface area (Å²) in [5.41, 5.74) is 1.77. The number of carbonyl (C=O) groups excluding carboxylic acids is 2. The summed E-state index contributed by atoms with van der Waals surface area (Å²) in [6, 6.07) is 14.9. The average Bonchev–Trinajstić information content (AvgIpc) is 2.93. The molecule has 0 N–H and O–H groups in total. The third-order valence-electron chi connectivity index (χ3n) is 4.12. The predicted octanol–water partition coefficient (Wildman–Crippen LogP) is 5.76. The Morgan fingerprint density at radius 2 is 1.85 bits per heavy atom. The van der Waals surface area contributed by atoms with Crippen molar-refractivity contribution in [1.82, 2.24) is 4.90 Å². The number of rotatable bonds is 7. The number of imide groups is 1. The molecule has 27 heavy (non-hydrogen) atoms. The summed E-state index contributed by atoms with van der Waals surface area (Å²) in [5, 5.41) is 0.470. The number of ether oxygens (including phenoxy) is 1. The van der Waals surface area contributed by atoms with Crippen LogP contribution >= 0.6 is 23.4 Å². The number of halogens is 1. The van der Waals surface area contributed by atoms with Crippen LogP contribution in [-0.4, -0.2) is 22.6 Å². The second kappa shape index (κ2) is 9.11. The van der Waals surface area contributed by atoms with Gasteiger partial charge in [-0.3, -0.25) is 14.5 Å². The summed E-state index contributed by atoms with van der Waals surface area (Å²) in [4.78, 5) is 26.4. The molecule has 1 heterocycles. The van der Waals surface area contributed by atoms with Crippen LogP contribution in [0.1, 0.15) is 30.9 Å². The molecule has 2 aromatic rings. The lowest BCUT2D eigenvalue weighted by molar-refractivity contribution is -0.122. The monoisotopic (exact) mass is 401 g/mol. The van der Waals surface area contributed by atoms with Crippen molar-refractivity contribution in [2.45, 2.75) is 26.4 Å². The fourth-order valence-corrected chi connectivity index (χ4v) is 3.61. The highest BCUT2D eigenvalue weighted by molar-refractivity contribution is 8.18. The maximum Gasteiger partial charge on any atom is 0.293 e.